The molecule has 0 radical (unpaired) electrons. The lowest BCUT2D eigenvalue weighted by Crippen LogP contribution is -2.15. The molecule has 0 N–H and O–H groups in total. The monoisotopic (exact) mass is 274 g/mol. The molecular weight excluding hydrogens is 242 g/mol. The summed E-state index contributed by atoms with van der Waals surface area (Å²) in [5.74, 6) is -0.391. The largest absolute Gasteiger partial charge is 0.248 e. The molecule has 1 aliphatic carbocycles. The minimum atomic E-state index is -2.38. The van der Waals surface area contributed by atoms with E-state index in [4.69, 9.17) is 0 Å². The van der Waals surface area contributed by atoms with Crippen LogP contribution < -0.4 is 0 Å². The van der Waals surface area contributed by atoms with E-state index in [1.165, 1.54) is 32.1 Å². The summed E-state index contributed by atoms with van der Waals surface area (Å²) in [6.45, 7) is 6.85. The molecule has 1 rings (SSSR count). The molecule has 1 saturated carbocycles. The van der Waals surface area contributed by atoms with Crippen LogP contribution >= 0.6 is 0 Å². The Balaban J connectivity index is 2.23. The summed E-state index contributed by atoms with van der Waals surface area (Å²) < 4.78 is 26.7. The first kappa shape index (κ1) is 16.9. The average Bonchev–Trinajstić information content (AvgIpc) is 2.50. The molecule has 0 aromatic carbocycles. The van der Waals surface area contributed by atoms with Crippen molar-refractivity contribution < 1.29 is 8.78 Å². The minimum Gasteiger partial charge on any atom is -0.207 e. The third-order valence-electron chi connectivity index (χ3n) is 4.94. The van der Waals surface area contributed by atoms with Gasteiger partial charge in [0.05, 0.1) is 0 Å². The number of hydrogen-bond donors (Lipinski definition) is 0. The number of halogens is 2. The SMILES string of the molecule is CCC[C@H](C)CCCC(C)C1CCCC(F)(F)CC1. The van der Waals surface area contributed by atoms with Crippen molar-refractivity contribution in [2.24, 2.45) is 17.8 Å². The van der Waals surface area contributed by atoms with Crippen LogP contribution in [0.4, 0.5) is 8.78 Å². The molecule has 0 aromatic rings. The van der Waals surface area contributed by atoms with Gasteiger partial charge < -0.3 is 0 Å². The van der Waals surface area contributed by atoms with Crippen LogP contribution in [0.5, 0.6) is 0 Å². The Morgan fingerprint density at radius 3 is 2.47 bits per heavy atom. The van der Waals surface area contributed by atoms with E-state index in [0.29, 0.717) is 18.3 Å². The third kappa shape index (κ3) is 6.72. The Morgan fingerprint density at radius 1 is 1.05 bits per heavy atom. The molecule has 19 heavy (non-hydrogen) atoms. The fraction of sp³-hybridized carbons (Fsp3) is 1.00. The Hall–Kier alpha value is -0.140. The van der Waals surface area contributed by atoms with Crippen molar-refractivity contribution in [3.05, 3.63) is 0 Å². The Morgan fingerprint density at radius 2 is 1.79 bits per heavy atom. The van der Waals surface area contributed by atoms with Crippen LogP contribution in [0, 0.1) is 17.8 Å². The number of hydrogen-bond acceptors (Lipinski definition) is 0. The maximum absolute atomic E-state index is 13.3. The Bertz CT molecular complexity index is 237. The molecule has 2 unspecified atom stereocenters. The molecule has 2 heteroatoms. The van der Waals surface area contributed by atoms with Crippen LogP contribution in [0.1, 0.15) is 85.0 Å². The molecule has 114 valence electrons. The second kappa shape index (κ2) is 8.21. The zero-order valence-electron chi connectivity index (χ0n) is 13.1. The Labute approximate surface area is 118 Å². The van der Waals surface area contributed by atoms with Gasteiger partial charge in [0, 0.05) is 12.8 Å². The number of rotatable bonds is 7. The summed E-state index contributed by atoms with van der Waals surface area (Å²) in [6.07, 6.45) is 9.10. The summed E-state index contributed by atoms with van der Waals surface area (Å²) >= 11 is 0. The number of alkyl halides is 2. The van der Waals surface area contributed by atoms with Crippen LogP contribution in [-0.2, 0) is 0 Å². The highest BCUT2D eigenvalue weighted by atomic mass is 19.3. The zero-order chi connectivity index (χ0) is 14.3. The molecule has 0 spiro atoms. The van der Waals surface area contributed by atoms with E-state index in [0.717, 1.165) is 18.8 Å². The first-order chi connectivity index (χ1) is 8.94. The molecule has 0 nitrogen and oxygen atoms in total. The van der Waals surface area contributed by atoms with Gasteiger partial charge in [-0.1, -0.05) is 52.9 Å². The van der Waals surface area contributed by atoms with Crippen molar-refractivity contribution in [2.45, 2.75) is 90.9 Å². The molecule has 0 aromatic heterocycles. The smallest absolute Gasteiger partial charge is 0.207 e. The van der Waals surface area contributed by atoms with Crippen molar-refractivity contribution in [2.75, 3.05) is 0 Å². The van der Waals surface area contributed by atoms with E-state index in [1.54, 1.807) is 0 Å². The normalized spacial score (nSPS) is 26.7. The summed E-state index contributed by atoms with van der Waals surface area (Å²) in [4.78, 5) is 0. The fourth-order valence-corrected chi connectivity index (χ4v) is 3.52. The average molecular weight is 274 g/mol. The second-order valence-corrected chi connectivity index (χ2v) is 6.85. The first-order valence-corrected chi connectivity index (χ1v) is 8.32. The van der Waals surface area contributed by atoms with Crippen LogP contribution in [0.2, 0.25) is 0 Å². The van der Waals surface area contributed by atoms with Crippen LogP contribution in [0.25, 0.3) is 0 Å². The predicted octanol–water partition coefficient (Wildman–Crippen LogP) is 6.44. The van der Waals surface area contributed by atoms with E-state index >= 15 is 0 Å². The fourth-order valence-electron chi connectivity index (χ4n) is 3.52. The van der Waals surface area contributed by atoms with Crippen molar-refractivity contribution in [3.63, 3.8) is 0 Å². The molecule has 3 atom stereocenters. The van der Waals surface area contributed by atoms with Gasteiger partial charge in [0.15, 0.2) is 0 Å². The van der Waals surface area contributed by atoms with Crippen molar-refractivity contribution in [1.82, 2.24) is 0 Å². The van der Waals surface area contributed by atoms with E-state index in [2.05, 4.69) is 20.8 Å². The quantitative estimate of drug-likeness (QED) is 0.468. The summed E-state index contributed by atoms with van der Waals surface area (Å²) in [6, 6.07) is 0. The van der Waals surface area contributed by atoms with Gasteiger partial charge in [-0.05, 0) is 37.0 Å². The highest BCUT2D eigenvalue weighted by Crippen LogP contribution is 2.38. The van der Waals surface area contributed by atoms with Gasteiger partial charge in [-0.2, -0.15) is 0 Å². The first-order valence-electron chi connectivity index (χ1n) is 8.32. The maximum Gasteiger partial charge on any atom is 0.248 e. The van der Waals surface area contributed by atoms with Crippen LogP contribution in [0.15, 0.2) is 0 Å². The third-order valence-corrected chi connectivity index (χ3v) is 4.94. The lowest BCUT2D eigenvalue weighted by molar-refractivity contribution is -0.0153. The molecule has 0 amide bonds. The molecule has 1 fully saturated rings. The highest BCUT2D eigenvalue weighted by Gasteiger charge is 2.33. The van der Waals surface area contributed by atoms with Crippen molar-refractivity contribution in [3.8, 4) is 0 Å². The molecular formula is C17H32F2. The van der Waals surface area contributed by atoms with Crippen molar-refractivity contribution >= 4 is 0 Å². The van der Waals surface area contributed by atoms with E-state index in [9.17, 15) is 8.78 Å². The van der Waals surface area contributed by atoms with Gasteiger partial charge in [0.1, 0.15) is 0 Å². The molecule has 0 saturated heterocycles. The van der Waals surface area contributed by atoms with Gasteiger partial charge in [0.25, 0.3) is 0 Å². The van der Waals surface area contributed by atoms with Gasteiger partial charge in [-0.25, -0.2) is 8.78 Å². The van der Waals surface area contributed by atoms with Gasteiger partial charge in [-0.15, -0.1) is 0 Å². The van der Waals surface area contributed by atoms with Crippen molar-refractivity contribution in [1.29, 1.82) is 0 Å². The summed E-state index contributed by atoms with van der Waals surface area (Å²) in [5.41, 5.74) is 0. The predicted molar refractivity (Wildman–Crippen MR) is 78.6 cm³/mol. The summed E-state index contributed by atoms with van der Waals surface area (Å²) in [5, 5.41) is 0. The lowest BCUT2D eigenvalue weighted by atomic mass is 9.83. The van der Waals surface area contributed by atoms with E-state index < -0.39 is 5.92 Å². The minimum absolute atomic E-state index is 0.115. The maximum atomic E-state index is 13.3. The highest BCUT2D eigenvalue weighted by molar-refractivity contribution is 4.77. The standard InChI is InChI=1S/C17H32F2/c1-4-7-14(2)8-5-9-15(3)16-10-6-12-17(18,19)13-11-16/h14-16H,4-13H2,1-3H3/t14-,15?,16?/m0/s1. The molecule has 1 aliphatic rings. The Kier molecular flexibility index (Phi) is 7.31. The van der Waals surface area contributed by atoms with Gasteiger partial charge in [0.2, 0.25) is 5.92 Å². The van der Waals surface area contributed by atoms with E-state index in [-0.39, 0.29) is 12.8 Å². The second-order valence-electron chi connectivity index (χ2n) is 6.85. The molecule has 0 bridgehead atoms. The van der Waals surface area contributed by atoms with Gasteiger partial charge in [-0.3, -0.25) is 0 Å². The van der Waals surface area contributed by atoms with Gasteiger partial charge >= 0.3 is 0 Å². The topological polar surface area (TPSA) is 0 Å². The van der Waals surface area contributed by atoms with Crippen LogP contribution in [-0.4, -0.2) is 5.92 Å². The van der Waals surface area contributed by atoms with Crippen LogP contribution in [0.3, 0.4) is 0 Å². The summed E-state index contributed by atoms with van der Waals surface area (Å²) in [7, 11) is 0. The molecule has 0 heterocycles. The van der Waals surface area contributed by atoms with E-state index in [1.807, 2.05) is 0 Å². The lowest BCUT2D eigenvalue weighted by Gasteiger charge is -2.23. The molecule has 0 aliphatic heterocycles. The zero-order valence-corrected chi connectivity index (χ0v) is 13.1.